The summed E-state index contributed by atoms with van der Waals surface area (Å²) < 4.78 is 13.3. The van der Waals surface area contributed by atoms with E-state index in [1.54, 1.807) is 13.1 Å². The molecule has 2 unspecified atom stereocenters. The minimum atomic E-state index is -0.272. The molecule has 1 fully saturated rings. The first-order valence-corrected chi connectivity index (χ1v) is 6.60. The molecule has 1 aromatic rings. The lowest BCUT2D eigenvalue weighted by atomic mass is 10.0. The third kappa shape index (κ3) is 2.93. The van der Waals surface area contributed by atoms with Gasteiger partial charge in [-0.1, -0.05) is 12.1 Å². The monoisotopic (exact) mass is 265 g/mol. The zero-order valence-corrected chi connectivity index (χ0v) is 11.1. The van der Waals surface area contributed by atoms with E-state index in [1.165, 1.54) is 12.1 Å². The highest BCUT2D eigenvalue weighted by atomic mass is 19.1. The molecule has 1 aliphatic heterocycles. The van der Waals surface area contributed by atoms with Crippen molar-refractivity contribution in [2.45, 2.75) is 24.9 Å². The van der Waals surface area contributed by atoms with Crippen LogP contribution in [-0.2, 0) is 4.79 Å². The molecule has 0 aromatic heterocycles. The number of nitrogens with two attached hydrogens (primary N) is 1. The lowest BCUT2D eigenvalue weighted by molar-refractivity contribution is -0.125. The second-order valence-corrected chi connectivity index (χ2v) is 4.82. The molecule has 4 nitrogen and oxygen atoms in total. The van der Waals surface area contributed by atoms with E-state index >= 15 is 0 Å². The third-order valence-corrected chi connectivity index (χ3v) is 3.70. The number of hydrogen-bond donors (Lipinski definition) is 2. The van der Waals surface area contributed by atoms with Crippen molar-refractivity contribution >= 4 is 5.91 Å². The molecule has 0 bridgehead atoms. The summed E-state index contributed by atoms with van der Waals surface area (Å²) in [6.07, 6.45) is 1.79. The number of carbonyl (C=O) groups excluding carboxylic acids is 1. The Kier molecular flexibility index (Phi) is 4.50. The maximum atomic E-state index is 13.3. The van der Waals surface area contributed by atoms with E-state index in [-0.39, 0.29) is 23.8 Å². The van der Waals surface area contributed by atoms with E-state index in [1.807, 2.05) is 6.07 Å². The zero-order valence-electron chi connectivity index (χ0n) is 11.1. The van der Waals surface area contributed by atoms with Gasteiger partial charge in [0.05, 0.1) is 6.04 Å². The van der Waals surface area contributed by atoms with Gasteiger partial charge < -0.3 is 11.1 Å². The normalized spacial score (nSPS) is 21.3. The molecule has 1 heterocycles. The highest BCUT2D eigenvalue weighted by molar-refractivity contribution is 5.81. The Labute approximate surface area is 112 Å². The minimum Gasteiger partial charge on any atom is -0.358 e. The van der Waals surface area contributed by atoms with Crippen LogP contribution in [0.2, 0.25) is 0 Å². The molecule has 19 heavy (non-hydrogen) atoms. The molecule has 1 saturated heterocycles. The van der Waals surface area contributed by atoms with Crippen LogP contribution in [0.25, 0.3) is 0 Å². The average molecular weight is 265 g/mol. The smallest absolute Gasteiger partial charge is 0.237 e. The summed E-state index contributed by atoms with van der Waals surface area (Å²) in [5.74, 6) is -0.265. The van der Waals surface area contributed by atoms with Gasteiger partial charge in [0.15, 0.2) is 0 Å². The number of nitrogens with one attached hydrogen (secondary N) is 1. The van der Waals surface area contributed by atoms with Crippen LogP contribution in [0.3, 0.4) is 0 Å². The van der Waals surface area contributed by atoms with E-state index < -0.39 is 0 Å². The Morgan fingerprint density at radius 2 is 2.42 bits per heavy atom. The molecular weight excluding hydrogens is 245 g/mol. The predicted molar refractivity (Wildman–Crippen MR) is 72.0 cm³/mol. The van der Waals surface area contributed by atoms with E-state index in [0.717, 1.165) is 24.9 Å². The number of carbonyl (C=O) groups is 1. The van der Waals surface area contributed by atoms with Crippen LogP contribution in [-0.4, -0.2) is 37.0 Å². The number of benzene rings is 1. The van der Waals surface area contributed by atoms with Crippen LogP contribution in [0.1, 0.15) is 24.4 Å². The van der Waals surface area contributed by atoms with Gasteiger partial charge in [0.2, 0.25) is 5.91 Å². The van der Waals surface area contributed by atoms with E-state index in [0.29, 0.717) is 6.54 Å². The third-order valence-electron chi connectivity index (χ3n) is 3.70. The highest BCUT2D eigenvalue weighted by Crippen LogP contribution is 2.29. The number of likely N-dealkylation sites (tertiary alicyclic amines) is 1. The summed E-state index contributed by atoms with van der Waals surface area (Å²) in [7, 11) is 1.64. The molecule has 0 saturated carbocycles. The van der Waals surface area contributed by atoms with Crippen molar-refractivity contribution in [1.82, 2.24) is 10.2 Å². The molecule has 2 atom stereocenters. The molecule has 104 valence electrons. The fourth-order valence-electron chi connectivity index (χ4n) is 2.79. The van der Waals surface area contributed by atoms with Gasteiger partial charge in [-0.15, -0.1) is 0 Å². The molecule has 0 radical (unpaired) electrons. The number of rotatable bonds is 4. The van der Waals surface area contributed by atoms with Crippen molar-refractivity contribution in [1.29, 1.82) is 0 Å². The van der Waals surface area contributed by atoms with E-state index in [2.05, 4.69) is 10.2 Å². The molecule has 1 aliphatic rings. The first-order chi connectivity index (χ1) is 9.17. The summed E-state index contributed by atoms with van der Waals surface area (Å²) in [5, 5.41) is 2.68. The Hall–Kier alpha value is -1.46. The number of likely N-dealkylation sites (N-methyl/N-ethyl adjacent to an activating group) is 1. The van der Waals surface area contributed by atoms with E-state index in [4.69, 9.17) is 5.73 Å². The summed E-state index contributed by atoms with van der Waals surface area (Å²) in [5.41, 5.74) is 6.67. The van der Waals surface area contributed by atoms with Crippen LogP contribution < -0.4 is 11.1 Å². The number of hydrogen-bond acceptors (Lipinski definition) is 3. The van der Waals surface area contributed by atoms with Crippen molar-refractivity contribution in [3.05, 3.63) is 35.6 Å². The molecule has 5 heteroatoms. The topological polar surface area (TPSA) is 58.4 Å². The fraction of sp³-hybridized carbons (Fsp3) is 0.500. The Balaban J connectivity index is 2.23. The molecule has 0 spiro atoms. The summed E-state index contributed by atoms with van der Waals surface area (Å²) in [6, 6.07) is 6.17. The van der Waals surface area contributed by atoms with Crippen molar-refractivity contribution < 1.29 is 9.18 Å². The molecule has 1 amide bonds. The van der Waals surface area contributed by atoms with Crippen LogP contribution in [0, 0.1) is 5.82 Å². The van der Waals surface area contributed by atoms with Gasteiger partial charge in [0.1, 0.15) is 5.82 Å². The first kappa shape index (κ1) is 14.0. The number of amides is 1. The van der Waals surface area contributed by atoms with Crippen LogP contribution in [0.15, 0.2) is 24.3 Å². The van der Waals surface area contributed by atoms with Gasteiger partial charge >= 0.3 is 0 Å². The average Bonchev–Trinajstić information content (AvgIpc) is 2.88. The molecular formula is C14H20FN3O. The van der Waals surface area contributed by atoms with Crippen molar-refractivity contribution in [2.75, 3.05) is 20.1 Å². The van der Waals surface area contributed by atoms with Crippen LogP contribution in [0.5, 0.6) is 0 Å². The first-order valence-electron chi connectivity index (χ1n) is 6.60. The maximum absolute atomic E-state index is 13.3. The van der Waals surface area contributed by atoms with Gasteiger partial charge in [-0.05, 0) is 37.1 Å². The Bertz CT molecular complexity index is 452. The molecule has 0 aliphatic carbocycles. The summed E-state index contributed by atoms with van der Waals surface area (Å²) in [6.45, 7) is 1.19. The van der Waals surface area contributed by atoms with Crippen molar-refractivity contribution in [3.8, 4) is 0 Å². The van der Waals surface area contributed by atoms with Gasteiger partial charge in [-0.3, -0.25) is 9.69 Å². The lowest BCUT2D eigenvalue weighted by Gasteiger charge is -2.31. The Morgan fingerprint density at radius 3 is 3.05 bits per heavy atom. The molecule has 1 aromatic carbocycles. The SMILES string of the molecule is CNC(=O)C1CCCN1C(CN)c1cccc(F)c1. The van der Waals surface area contributed by atoms with Crippen LogP contribution >= 0.6 is 0 Å². The lowest BCUT2D eigenvalue weighted by Crippen LogP contribution is -2.45. The second kappa shape index (κ2) is 6.12. The fourth-order valence-corrected chi connectivity index (χ4v) is 2.79. The highest BCUT2D eigenvalue weighted by Gasteiger charge is 2.35. The maximum Gasteiger partial charge on any atom is 0.237 e. The van der Waals surface area contributed by atoms with Crippen LogP contribution in [0.4, 0.5) is 4.39 Å². The van der Waals surface area contributed by atoms with Gasteiger partial charge in [-0.25, -0.2) is 4.39 Å². The number of nitrogens with zero attached hydrogens (tertiary/aromatic N) is 1. The summed E-state index contributed by atoms with van der Waals surface area (Å²) >= 11 is 0. The second-order valence-electron chi connectivity index (χ2n) is 4.82. The predicted octanol–water partition coefficient (Wildman–Crippen LogP) is 1.04. The van der Waals surface area contributed by atoms with Gasteiger partial charge in [-0.2, -0.15) is 0 Å². The van der Waals surface area contributed by atoms with Crippen molar-refractivity contribution in [2.24, 2.45) is 5.73 Å². The summed E-state index contributed by atoms with van der Waals surface area (Å²) in [4.78, 5) is 14.0. The zero-order chi connectivity index (χ0) is 13.8. The molecule has 2 rings (SSSR count). The van der Waals surface area contributed by atoms with Crippen molar-refractivity contribution in [3.63, 3.8) is 0 Å². The minimum absolute atomic E-state index is 0.00681. The van der Waals surface area contributed by atoms with E-state index in [9.17, 15) is 9.18 Å². The quantitative estimate of drug-likeness (QED) is 0.855. The van der Waals surface area contributed by atoms with Gasteiger partial charge in [0.25, 0.3) is 0 Å². The van der Waals surface area contributed by atoms with Gasteiger partial charge in [0, 0.05) is 19.6 Å². The molecule has 3 N–H and O–H groups in total. The Morgan fingerprint density at radius 1 is 1.63 bits per heavy atom. The number of halogens is 1. The standard InChI is InChI=1S/C14H20FN3O/c1-17-14(19)12-6-3-7-18(12)13(9-16)10-4-2-5-11(15)8-10/h2,4-5,8,12-13H,3,6-7,9,16H2,1H3,(H,17,19). The largest absolute Gasteiger partial charge is 0.358 e.